The van der Waals surface area contributed by atoms with Gasteiger partial charge in [0.1, 0.15) is 5.82 Å². The molecule has 0 radical (unpaired) electrons. The Kier molecular flexibility index (Phi) is 3.89. The lowest BCUT2D eigenvalue weighted by atomic mass is 10.1. The van der Waals surface area contributed by atoms with Gasteiger partial charge in [0, 0.05) is 13.6 Å². The Hall–Kier alpha value is -1.94. The van der Waals surface area contributed by atoms with E-state index in [-0.39, 0.29) is 6.61 Å². The molecule has 18 heavy (non-hydrogen) atoms. The number of benzene rings is 1. The molecule has 0 bridgehead atoms. The lowest BCUT2D eigenvalue weighted by Gasteiger charge is -2.18. The third kappa shape index (κ3) is 3.05. The van der Waals surface area contributed by atoms with Gasteiger partial charge in [-0.2, -0.15) is 0 Å². The van der Waals surface area contributed by atoms with Gasteiger partial charge in [-0.3, -0.25) is 4.98 Å². The molecule has 0 aliphatic carbocycles. The van der Waals surface area contributed by atoms with Gasteiger partial charge in [0.05, 0.1) is 24.7 Å². The average molecular weight is 243 g/mol. The number of aliphatic hydroxyl groups is 1. The van der Waals surface area contributed by atoms with Crippen molar-refractivity contribution in [2.24, 2.45) is 0 Å². The average Bonchev–Trinajstić information content (AvgIpc) is 2.41. The summed E-state index contributed by atoms with van der Waals surface area (Å²) in [4.78, 5) is 10.4. The Bertz CT molecular complexity index is 493. The molecule has 0 fully saturated rings. The fourth-order valence-corrected chi connectivity index (χ4v) is 1.68. The minimum absolute atomic E-state index is 0.0744. The fourth-order valence-electron chi connectivity index (χ4n) is 1.68. The third-order valence-corrected chi connectivity index (χ3v) is 2.79. The van der Waals surface area contributed by atoms with Crippen molar-refractivity contribution in [2.45, 2.75) is 20.1 Å². The molecule has 0 saturated heterocycles. The zero-order chi connectivity index (χ0) is 13.0. The van der Waals surface area contributed by atoms with E-state index in [1.807, 2.05) is 11.9 Å². The lowest BCUT2D eigenvalue weighted by Crippen LogP contribution is -2.18. The second-order valence-electron chi connectivity index (χ2n) is 4.37. The summed E-state index contributed by atoms with van der Waals surface area (Å²) < 4.78 is 0. The van der Waals surface area contributed by atoms with E-state index in [9.17, 15) is 0 Å². The summed E-state index contributed by atoms with van der Waals surface area (Å²) in [5.74, 6) is 0.799. The molecule has 0 unspecified atom stereocenters. The monoisotopic (exact) mass is 243 g/mol. The number of aliphatic hydroxyl groups excluding tert-OH is 1. The summed E-state index contributed by atoms with van der Waals surface area (Å²) in [5, 5.41) is 8.91. The van der Waals surface area contributed by atoms with E-state index in [1.165, 1.54) is 11.1 Å². The molecule has 1 heterocycles. The topological polar surface area (TPSA) is 49.2 Å². The zero-order valence-corrected chi connectivity index (χ0v) is 10.7. The maximum atomic E-state index is 8.91. The number of aromatic nitrogens is 2. The highest BCUT2D eigenvalue weighted by molar-refractivity contribution is 5.36. The standard InChI is InChI=1S/C14H17N3O/c1-11-3-5-12(6-4-11)9-17(2)14-8-15-13(10-18)7-16-14/h3-8,18H,9-10H2,1-2H3. The molecule has 0 aliphatic rings. The summed E-state index contributed by atoms with van der Waals surface area (Å²) in [6.45, 7) is 2.79. The molecular formula is C14H17N3O. The molecule has 4 heteroatoms. The first kappa shape index (κ1) is 12.5. The van der Waals surface area contributed by atoms with Crippen LogP contribution in [0.5, 0.6) is 0 Å². The Morgan fingerprint density at radius 1 is 1.11 bits per heavy atom. The highest BCUT2D eigenvalue weighted by atomic mass is 16.3. The maximum Gasteiger partial charge on any atom is 0.147 e. The Labute approximate surface area is 107 Å². The SMILES string of the molecule is Cc1ccc(CN(C)c2cnc(CO)cn2)cc1. The molecule has 1 aromatic carbocycles. The first-order valence-electron chi connectivity index (χ1n) is 5.87. The van der Waals surface area contributed by atoms with Crippen LogP contribution < -0.4 is 4.90 Å². The van der Waals surface area contributed by atoms with Gasteiger partial charge in [0.15, 0.2) is 0 Å². The molecule has 0 aliphatic heterocycles. The molecule has 94 valence electrons. The molecule has 1 aromatic heterocycles. The van der Waals surface area contributed by atoms with E-state index in [0.29, 0.717) is 5.69 Å². The van der Waals surface area contributed by atoms with E-state index < -0.39 is 0 Å². The molecule has 4 nitrogen and oxygen atoms in total. The second-order valence-corrected chi connectivity index (χ2v) is 4.37. The maximum absolute atomic E-state index is 8.91. The van der Waals surface area contributed by atoms with Crippen LogP contribution in [0.1, 0.15) is 16.8 Å². The third-order valence-electron chi connectivity index (χ3n) is 2.79. The molecule has 2 aromatic rings. The van der Waals surface area contributed by atoms with Gasteiger partial charge in [-0.05, 0) is 12.5 Å². The van der Waals surface area contributed by atoms with Crippen LogP contribution in [0.15, 0.2) is 36.7 Å². The Morgan fingerprint density at radius 3 is 2.39 bits per heavy atom. The number of anilines is 1. The van der Waals surface area contributed by atoms with Crippen LogP contribution in [0.2, 0.25) is 0 Å². The molecule has 0 spiro atoms. The largest absolute Gasteiger partial charge is 0.390 e. The molecular weight excluding hydrogens is 226 g/mol. The second kappa shape index (κ2) is 5.60. The van der Waals surface area contributed by atoms with E-state index in [4.69, 9.17) is 5.11 Å². The van der Waals surface area contributed by atoms with Gasteiger partial charge < -0.3 is 10.0 Å². The number of hydrogen-bond acceptors (Lipinski definition) is 4. The number of hydrogen-bond donors (Lipinski definition) is 1. The van der Waals surface area contributed by atoms with Crippen molar-refractivity contribution in [2.75, 3.05) is 11.9 Å². The quantitative estimate of drug-likeness (QED) is 0.891. The van der Waals surface area contributed by atoms with Crippen molar-refractivity contribution in [3.8, 4) is 0 Å². The molecule has 0 atom stereocenters. The van der Waals surface area contributed by atoms with Crippen molar-refractivity contribution >= 4 is 5.82 Å². The van der Waals surface area contributed by atoms with Gasteiger partial charge in [-0.1, -0.05) is 29.8 Å². The van der Waals surface area contributed by atoms with Crippen LogP contribution in [-0.4, -0.2) is 22.1 Å². The first-order chi connectivity index (χ1) is 8.69. The van der Waals surface area contributed by atoms with Gasteiger partial charge >= 0.3 is 0 Å². The molecule has 2 rings (SSSR count). The van der Waals surface area contributed by atoms with Crippen molar-refractivity contribution in [1.82, 2.24) is 9.97 Å². The summed E-state index contributed by atoms with van der Waals surface area (Å²) in [5.41, 5.74) is 3.08. The molecule has 1 N–H and O–H groups in total. The minimum Gasteiger partial charge on any atom is -0.390 e. The van der Waals surface area contributed by atoms with Crippen LogP contribution in [0.4, 0.5) is 5.82 Å². The number of rotatable bonds is 4. The van der Waals surface area contributed by atoms with Crippen LogP contribution >= 0.6 is 0 Å². The Morgan fingerprint density at radius 2 is 1.83 bits per heavy atom. The number of nitrogens with zero attached hydrogens (tertiary/aromatic N) is 3. The molecule has 0 saturated carbocycles. The van der Waals surface area contributed by atoms with Gasteiger partial charge in [-0.15, -0.1) is 0 Å². The first-order valence-corrected chi connectivity index (χ1v) is 5.87. The van der Waals surface area contributed by atoms with E-state index in [1.54, 1.807) is 12.4 Å². The smallest absolute Gasteiger partial charge is 0.147 e. The Balaban J connectivity index is 2.06. The van der Waals surface area contributed by atoms with Crippen molar-refractivity contribution < 1.29 is 5.11 Å². The van der Waals surface area contributed by atoms with Crippen LogP contribution in [0, 0.1) is 6.92 Å². The zero-order valence-electron chi connectivity index (χ0n) is 10.7. The van der Waals surface area contributed by atoms with Crippen molar-refractivity contribution in [3.05, 3.63) is 53.5 Å². The van der Waals surface area contributed by atoms with Crippen LogP contribution in [0.3, 0.4) is 0 Å². The fraction of sp³-hybridized carbons (Fsp3) is 0.286. The summed E-state index contributed by atoms with van der Waals surface area (Å²) in [7, 11) is 1.97. The normalized spacial score (nSPS) is 10.4. The predicted octanol–water partition coefficient (Wildman–Crippen LogP) is 1.91. The van der Waals surface area contributed by atoms with Gasteiger partial charge in [-0.25, -0.2) is 4.98 Å². The van der Waals surface area contributed by atoms with E-state index in [0.717, 1.165) is 12.4 Å². The van der Waals surface area contributed by atoms with Crippen LogP contribution in [0.25, 0.3) is 0 Å². The van der Waals surface area contributed by atoms with Gasteiger partial charge in [0.2, 0.25) is 0 Å². The molecule has 0 amide bonds. The van der Waals surface area contributed by atoms with E-state index in [2.05, 4.69) is 41.2 Å². The highest BCUT2D eigenvalue weighted by Gasteiger charge is 2.04. The highest BCUT2D eigenvalue weighted by Crippen LogP contribution is 2.12. The summed E-state index contributed by atoms with van der Waals surface area (Å²) in [6.07, 6.45) is 3.28. The summed E-state index contributed by atoms with van der Waals surface area (Å²) in [6, 6.07) is 8.43. The van der Waals surface area contributed by atoms with Crippen molar-refractivity contribution in [3.63, 3.8) is 0 Å². The van der Waals surface area contributed by atoms with Gasteiger partial charge in [0.25, 0.3) is 0 Å². The number of aryl methyl sites for hydroxylation is 1. The summed E-state index contributed by atoms with van der Waals surface area (Å²) >= 11 is 0. The van der Waals surface area contributed by atoms with E-state index >= 15 is 0 Å². The lowest BCUT2D eigenvalue weighted by molar-refractivity contribution is 0.276. The van der Waals surface area contributed by atoms with Crippen LogP contribution in [-0.2, 0) is 13.2 Å². The van der Waals surface area contributed by atoms with Crippen molar-refractivity contribution in [1.29, 1.82) is 0 Å². The predicted molar refractivity (Wildman–Crippen MR) is 71.2 cm³/mol. The minimum atomic E-state index is -0.0744.